The number of benzene rings is 2. The zero-order valence-corrected chi connectivity index (χ0v) is 15.9. The predicted molar refractivity (Wildman–Crippen MR) is 109 cm³/mol. The minimum Gasteiger partial charge on any atom is -0.508 e. The van der Waals surface area contributed by atoms with Crippen molar-refractivity contribution in [1.82, 2.24) is 4.90 Å². The standard InChI is InChI=1S/C22H22N2O5/c25-18-6-8-21(26)20(14-18)19-7-3-16(22(19)23-9-11-29-12-10-23)13-15-1-4-17(5-2-15)24(27)28/h1-2,4-6,8,13-14,25-26H,3,7,9-12H2. The van der Waals surface area contributed by atoms with E-state index in [9.17, 15) is 20.3 Å². The first-order valence-corrected chi connectivity index (χ1v) is 9.56. The summed E-state index contributed by atoms with van der Waals surface area (Å²) in [5.41, 5.74) is 4.74. The molecular weight excluding hydrogens is 372 g/mol. The third-order valence-electron chi connectivity index (χ3n) is 5.31. The number of phenols is 2. The van der Waals surface area contributed by atoms with Crippen LogP contribution in [0.2, 0.25) is 0 Å². The molecule has 1 saturated heterocycles. The number of rotatable bonds is 4. The Balaban J connectivity index is 1.78. The van der Waals surface area contributed by atoms with Crippen LogP contribution < -0.4 is 0 Å². The van der Waals surface area contributed by atoms with Gasteiger partial charge >= 0.3 is 0 Å². The molecule has 0 unspecified atom stereocenters. The maximum Gasteiger partial charge on any atom is 0.269 e. The summed E-state index contributed by atoms with van der Waals surface area (Å²) in [5, 5.41) is 31.2. The first-order valence-electron chi connectivity index (χ1n) is 9.56. The summed E-state index contributed by atoms with van der Waals surface area (Å²) in [6.07, 6.45) is 3.57. The molecule has 1 heterocycles. The molecule has 1 aliphatic carbocycles. The highest BCUT2D eigenvalue weighted by molar-refractivity contribution is 5.82. The van der Waals surface area contributed by atoms with Gasteiger partial charge in [-0.1, -0.05) is 0 Å². The fourth-order valence-corrected chi connectivity index (χ4v) is 3.93. The number of hydrogen-bond acceptors (Lipinski definition) is 6. The smallest absolute Gasteiger partial charge is 0.269 e. The average Bonchev–Trinajstić information content (AvgIpc) is 3.14. The Hall–Kier alpha value is -3.32. The highest BCUT2D eigenvalue weighted by atomic mass is 16.6. The molecule has 1 aliphatic heterocycles. The quantitative estimate of drug-likeness (QED) is 0.463. The van der Waals surface area contributed by atoms with Crippen molar-refractivity contribution < 1.29 is 19.9 Å². The Morgan fingerprint density at radius 1 is 1.03 bits per heavy atom. The lowest BCUT2D eigenvalue weighted by atomic mass is 10.0. The van der Waals surface area contributed by atoms with Crippen molar-refractivity contribution in [2.75, 3.05) is 26.3 Å². The molecule has 150 valence electrons. The van der Waals surface area contributed by atoms with Gasteiger partial charge in [0.25, 0.3) is 5.69 Å². The Labute approximate surface area is 168 Å². The van der Waals surface area contributed by atoms with Gasteiger partial charge in [0.1, 0.15) is 11.5 Å². The first kappa shape index (κ1) is 19.0. The molecule has 0 aromatic heterocycles. The number of allylic oxidation sites excluding steroid dienone is 2. The van der Waals surface area contributed by atoms with E-state index in [1.54, 1.807) is 18.2 Å². The largest absolute Gasteiger partial charge is 0.508 e. The highest BCUT2D eigenvalue weighted by Gasteiger charge is 2.28. The van der Waals surface area contributed by atoms with E-state index in [1.165, 1.54) is 24.3 Å². The fourth-order valence-electron chi connectivity index (χ4n) is 3.93. The van der Waals surface area contributed by atoms with Crippen molar-refractivity contribution in [3.05, 3.63) is 75.0 Å². The van der Waals surface area contributed by atoms with E-state index >= 15 is 0 Å². The molecule has 4 rings (SSSR count). The summed E-state index contributed by atoms with van der Waals surface area (Å²) < 4.78 is 5.50. The number of aromatic hydroxyl groups is 2. The minimum absolute atomic E-state index is 0.0629. The maximum atomic E-state index is 10.9. The lowest BCUT2D eigenvalue weighted by Gasteiger charge is -2.32. The van der Waals surface area contributed by atoms with Crippen molar-refractivity contribution in [3.63, 3.8) is 0 Å². The van der Waals surface area contributed by atoms with Crippen LogP contribution in [0.25, 0.3) is 11.6 Å². The van der Waals surface area contributed by atoms with Crippen molar-refractivity contribution in [3.8, 4) is 11.5 Å². The van der Waals surface area contributed by atoms with Crippen LogP contribution in [0.1, 0.15) is 24.0 Å². The minimum atomic E-state index is -0.408. The lowest BCUT2D eigenvalue weighted by Crippen LogP contribution is -2.36. The van der Waals surface area contributed by atoms with Crippen LogP contribution in [-0.2, 0) is 4.74 Å². The number of ether oxygens (including phenoxy) is 1. The van der Waals surface area contributed by atoms with E-state index in [0.717, 1.165) is 48.3 Å². The third kappa shape index (κ3) is 3.95. The first-order chi connectivity index (χ1) is 14.0. The average molecular weight is 394 g/mol. The topological polar surface area (TPSA) is 96.1 Å². The molecule has 1 fully saturated rings. The highest BCUT2D eigenvalue weighted by Crippen LogP contribution is 2.44. The van der Waals surface area contributed by atoms with Gasteiger partial charge in [0, 0.05) is 36.5 Å². The molecule has 2 N–H and O–H groups in total. The molecule has 0 radical (unpaired) electrons. The van der Waals surface area contributed by atoms with E-state index in [0.29, 0.717) is 18.8 Å². The summed E-state index contributed by atoms with van der Waals surface area (Å²) in [4.78, 5) is 12.7. The zero-order valence-electron chi connectivity index (χ0n) is 15.9. The molecule has 0 amide bonds. The van der Waals surface area contributed by atoms with E-state index in [1.807, 2.05) is 6.08 Å². The molecule has 0 saturated carbocycles. The Morgan fingerprint density at radius 2 is 1.76 bits per heavy atom. The van der Waals surface area contributed by atoms with Gasteiger partial charge in [-0.25, -0.2) is 0 Å². The molecule has 0 bridgehead atoms. The van der Waals surface area contributed by atoms with Crippen LogP contribution in [0.4, 0.5) is 5.69 Å². The zero-order chi connectivity index (χ0) is 20.4. The second-order valence-corrected chi connectivity index (χ2v) is 7.15. The number of phenolic OH excluding ortho intramolecular Hbond substituents is 2. The molecule has 2 aromatic rings. The van der Waals surface area contributed by atoms with E-state index in [2.05, 4.69) is 4.90 Å². The normalized spacial score (nSPS) is 18.5. The number of morpholine rings is 1. The van der Waals surface area contributed by atoms with E-state index in [-0.39, 0.29) is 17.2 Å². The van der Waals surface area contributed by atoms with Gasteiger partial charge in [-0.2, -0.15) is 0 Å². The van der Waals surface area contributed by atoms with Gasteiger partial charge in [-0.15, -0.1) is 0 Å². The van der Waals surface area contributed by atoms with Crippen molar-refractivity contribution >= 4 is 17.3 Å². The Morgan fingerprint density at radius 3 is 2.45 bits per heavy atom. The molecule has 7 nitrogen and oxygen atoms in total. The van der Waals surface area contributed by atoms with Crippen LogP contribution in [-0.4, -0.2) is 46.3 Å². The van der Waals surface area contributed by atoms with Gasteiger partial charge in [-0.05, 0) is 66.0 Å². The molecule has 2 aromatic carbocycles. The van der Waals surface area contributed by atoms with Crippen LogP contribution >= 0.6 is 0 Å². The molecule has 0 spiro atoms. The molecule has 0 atom stereocenters. The summed E-state index contributed by atoms with van der Waals surface area (Å²) in [6.45, 7) is 2.76. The second kappa shape index (κ2) is 7.97. The molecular formula is C22H22N2O5. The van der Waals surface area contributed by atoms with Crippen LogP contribution in [0.5, 0.6) is 11.5 Å². The number of nitro benzene ring substituents is 1. The van der Waals surface area contributed by atoms with Crippen LogP contribution in [0.3, 0.4) is 0 Å². The van der Waals surface area contributed by atoms with Crippen molar-refractivity contribution in [2.24, 2.45) is 0 Å². The summed E-state index contributed by atoms with van der Waals surface area (Å²) >= 11 is 0. The van der Waals surface area contributed by atoms with E-state index < -0.39 is 4.92 Å². The number of nitro groups is 1. The number of hydrogen-bond donors (Lipinski definition) is 2. The van der Waals surface area contributed by atoms with Gasteiger partial charge in [0.05, 0.1) is 18.1 Å². The van der Waals surface area contributed by atoms with Crippen LogP contribution in [0, 0.1) is 10.1 Å². The SMILES string of the molecule is O=[N+]([O-])c1ccc(C=C2CCC(c3cc(O)ccc3O)=C2N2CCOCC2)cc1. The molecule has 7 heteroatoms. The Kier molecular flexibility index (Phi) is 5.22. The number of non-ortho nitro benzene ring substituents is 1. The molecule has 2 aliphatic rings. The van der Waals surface area contributed by atoms with Crippen LogP contribution in [0.15, 0.2) is 53.7 Å². The summed E-state index contributed by atoms with van der Waals surface area (Å²) in [6, 6.07) is 11.1. The molecule has 29 heavy (non-hydrogen) atoms. The third-order valence-corrected chi connectivity index (χ3v) is 5.31. The summed E-state index contributed by atoms with van der Waals surface area (Å²) in [5.74, 6) is 0.250. The van der Waals surface area contributed by atoms with E-state index in [4.69, 9.17) is 4.74 Å². The lowest BCUT2D eigenvalue weighted by molar-refractivity contribution is -0.384. The van der Waals surface area contributed by atoms with Gasteiger partial charge in [0.2, 0.25) is 0 Å². The summed E-state index contributed by atoms with van der Waals surface area (Å²) in [7, 11) is 0. The van der Waals surface area contributed by atoms with Gasteiger partial charge in [-0.3, -0.25) is 10.1 Å². The second-order valence-electron chi connectivity index (χ2n) is 7.15. The fraction of sp³-hybridized carbons (Fsp3) is 0.273. The monoisotopic (exact) mass is 394 g/mol. The predicted octanol–water partition coefficient (Wildman–Crippen LogP) is 3.93. The number of nitrogens with zero attached hydrogens (tertiary/aromatic N) is 2. The van der Waals surface area contributed by atoms with Gasteiger partial charge < -0.3 is 19.8 Å². The Bertz CT molecular complexity index is 989. The van der Waals surface area contributed by atoms with Gasteiger partial charge in [0.15, 0.2) is 0 Å². The van der Waals surface area contributed by atoms with Crippen molar-refractivity contribution in [1.29, 1.82) is 0 Å². The maximum absolute atomic E-state index is 10.9. The van der Waals surface area contributed by atoms with Crippen molar-refractivity contribution in [2.45, 2.75) is 12.8 Å².